The number of methoxy groups -OCH3 is 2. The van der Waals surface area contributed by atoms with Crippen molar-refractivity contribution in [3.8, 4) is 5.75 Å². The summed E-state index contributed by atoms with van der Waals surface area (Å²) in [5.41, 5.74) is 3.04. The van der Waals surface area contributed by atoms with E-state index in [-0.39, 0.29) is 6.61 Å². The summed E-state index contributed by atoms with van der Waals surface area (Å²) in [6, 6.07) is 17.6. The molecule has 0 atom stereocenters. The van der Waals surface area contributed by atoms with E-state index in [1.54, 1.807) is 6.20 Å². The van der Waals surface area contributed by atoms with Crippen molar-refractivity contribution in [1.29, 1.82) is 0 Å². The fourth-order valence-electron chi connectivity index (χ4n) is 2.80. The van der Waals surface area contributed by atoms with Gasteiger partial charge in [-0.2, -0.15) is 5.10 Å². The average Bonchev–Trinajstić information content (AvgIpc) is 3.18. The van der Waals surface area contributed by atoms with E-state index < -0.39 is 5.97 Å². The van der Waals surface area contributed by atoms with Crippen LogP contribution < -0.4 is 4.74 Å². The Balaban J connectivity index is 1.72. The van der Waals surface area contributed by atoms with Gasteiger partial charge in [0, 0.05) is 0 Å². The predicted molar refractivity (Wildman–Crippen MR) is 106 cm³/mol. The summed E-state index contributed by atoms with van der Waals surface area (Å²) in [5.74, 6) is 0.186. The Labute approximate surface area is 164 Å². The van der Waals surface area contributed by atoms with E-state index in [1.165, 1.54) is 20.5 Å². The van der Waals surface area contributed by atoms with Gasteiger partial charge in [0.05, 0.1) is 39.4 Å². The van der Waals surface area contributed by atoms with Gasteiger partial charge in [-0.15, -0.1) is 0 Å². The van der Waals surface area contributed by atoms with E-state index >= 15 is 0 Å². The molecule has 0 saturated heterocycles. The van der Waals surface area contributed by atoms with Crippen LogP contribution in [0.25, 0.3) is 5.57 Å². The summed E-state index contributed by atoms with van der Waals surface area (Å²) >= 11 is 0. The van der Waals surface area contributed by atoms with Gasteiger partial charge in [-0.3, -0.25) is 4.68 Å². The van der Waals surface area contributed by atoms with Gasteiger partial charge in [0.25, 0.3) is 0 Å². The standard InChI is InChI=1S/C22H22N2O4/c1-26-16-21(22(25)27-2)20-11-7-6-10-18(20)15-28-19-12-23-24(14-19)13-17-8-4-3-5-9-17/h3-12,14,16H,13,15H2,1-2H3/b21-16-. The molecule has 1 heterocycles. The van der Waals surface area contributed by atoms with Gasteiger partial charge in [0.15, 0.2) is 5.75 Å². The first-order valence-electron chi connectivity index (χ1n) is 8.80. The monoisotopic (exact) mass is 378 g/mol. The molecule has 0 bridgehead atoms. The van der Waals surface area contributed by atoms with Crippen molar-refractivity contribution in [3.63, 3.8) is 0 Å². The number of carbonyl (C=O) groups excluding carboxylic acids is 1. The van der Waals surface area contributed by atoms with Crippen LogP contribution >= 0.6 is 0 Å². The number of rotatable bonds is 8. The van der Waals surface area contributed by atoms with Gasteiger partial charge in [-0.1, -0.05) is 54.6 Å². The second-order valence-corrected chi connectivity index (χ2v) is 6.06. The predicted octanol–water partition coefficient (Wildman–Crippen LogP) is 3.67. The van der Waals surface area contributed by atoms with Crippen molar-refractivity contribution in [2.45, 2.75) is 13.2 Å². The Hall–Kier alpha value is -3.54. The van der Waals surface area contributed by atoms with Crippen LogP contribution in [-0.2, 0) is 27.4 Å². The molecule has 28 heavy (non-hydrogen) atoms. The van der Waals surface area contributed by atoms with Crippen LogP contribution in [0.4, 0.5) is 0 Å². The largest absolute Gasteiger partial charge is 0.503 e. The second kappa shape index (κ2) is 9.41. The maximum atomic E-state index is 12.1. The van der Waals surface area contributed by atoms with Crippen molar-refractivity contribution in [2.24, 2.45) is 0 Å². The molecule has 1 aromatic heterocycles. The van der Waals surface area contributed by atoms with Crippen LogP contribution in [0.5, 0.6) is 5.75 Å². The number of esters is 1. The molecule has 6 heteroatoms. The molecule has 0 amide bonds. The van der Waals surface area contributed by atoms with E-state index in [4.69, 9.17) is 14.2 Å². The van der Waals surface area contributed by atoms with Crippen molar-refractivity contribution in [2.75, 3.05) is 14.2 Å². The molecule has 3 rings (SSSR count). The van der Waals surface area contributed by atoms with Gasteiger partial charge in [-0.25, -0.2) is 4.79 Å². The lowest BCUT2D eigenvalue weighted by Gasteiger charge is -2.12. The maximum Gasteiger partial charge on any atom is 0.341 e. The van der Waals surface area contributed by atoms with Gasteiger partial charge in [0.2, 0.25) is 0 Å². The number of aromatic nitrogens is 2. The minimum atomic E-state index is -0.468. The molecule has 0 fully saturated rings. The third-order valence-electron chi connectivity index (χ3n) is 4.14. The average molecular weight is 378 g/mol. The molecule has 0 aliphatic rings. The van der Waals surface area contributed by atoms with Crippen molar-refractivity contribution >= 4 is 11.5 Å². The number of hydrogen-bond acceptors (Lipinski definition) is 5. The molecule has 0 aliphatic carbocycles. The Bertz CT molecular complexity index is 948. The molecule has 0 saturated carbocycles. The Morgan fingerprint density at radius 2 is 1.82 bits per heavy atom. The quantitative estimate of drug-likeness (QED) is 0.340. The topological polar surface area (TPSA) is 62.6 Å². The second-order valence-electron chi connectivity index (χ2n) is 6.06. The Morgan fingerprint density at radius 1 is 1.07 bits per heavy atom. The molecule has 0 unspecified atom stereocenters. The molecule has 0 radical (unpaired) electrons. The molecular formula is C22H22N2O4. The van der Waals surface area contributed by atoms with Gasteiger partial charge >= 0.3 is 5.97 Å². The lowest BCUT2D eigenvalue weighted by Crippen LogP contribution is -2.08. The summed E-state index contributed by atoms with van der Waals surface area (Å²) in [6.45, 7) is 0.953. The van der Waals surface area contributed by atoms with E-state index in [1.807, 2.05) is 53.3 Å². The summed E-state index contributed by atoms with van der Waals surface area (Å²) in [4.78, 5) is 12.1. The first-order chi connectivity index (χ1) is 13.7. The number of benzene rings is 2. The van der Waals surface area contributed by atoms with Gasteiger partial charge in [0.1, 0.15) is 12.2 Å². The van der Waals surface area contributed by atoms with Crippen LogP contribution in [0.3, 0.4) is 0 Å². The highest BCUT2D eigenvalue weighted by molar-refractivity contribution is 6.16. The van der Waals surface area contributed by atoms with Crippen LogP contribution in [0.1, 0.15) is 16.7 Å². The summed E-state index contributed by atoms with van der Waals surface area (Å²) in [6.07, 6.45) is 4.90. The Kier molecular flexibility index (Phi) is 6.46. The van der Waals surface area contributed by atoms with Crippen molar-refractivity contribution in [1.82, 2.24) is 9.78 Å². The number of hydrogen-bond donors (Lipinski definition) is 0. The maximum absolute atomic E-state index is 12.1. The minimum Gasteiger partial charge on any atom is -0.503 e. The number of carbonyl (C=O) groups is 1. The highest BCUT2D eigenvalue weighted by atomic mass is 16.5. The van der Waals surface area contributed by atoms with Gasteiger partial charge in [-0.05, 0) is 16.7 Å². The normalized spacial score (nSPS) is 11.1. The first kappa shape index (κ1) is 19.2. The Morgan fingerprint density at radius 3 is 2.57 bits per heavy atom. The highest BCUT2D eigenvalue weighted by Gasteiger charge is 2.17. The van der Waals surface area contributed by atoms with Crippen LogP contribution in [-0.4, -0.2) is 30.0 Å². The fraction of sp³-hybridized carbons (Fsp3) is 0.182. The number of nitrogens with zero attached hydrogens (tertiary/aromatic N) is 2. The molecule has 0 spiro atoms. The molecule has 0 N–H and O–H groups in total. The molecule has 3 aromatic rings. The van der Waals surface area contributed by atoms with Gasteiger partial charge < -0.3 is 14.2 Å². The third kappa shape index (κ3) is 4.79. The first-order valence-corrected chi connectivity index (χ1v) is 8.80. The summed E-state index contributed by atoms with van der Waals surface area (Å²) in [5, 5.41) is 4.34. The van der Waals surface area contributed by atoms with E-state index in [2.05, 4.69) is 17.2 Å². The number of ether oxygens (including phenoxy) is 3. The lowest BCUT2D eigenvalue weighted by atomic mass is 10.0. The molecule has 6 nitrogen and oxygen atoms in total. The van der Waals surface area contributed by atoms with E-state index in [0.717, 1.165) is 11.1 Å². The zero-order valence-electron chi connectivity index (χ0n) is 15.9. The van der Waals surface area contributed by atoms with E-state index in [9.17, 15) is 4.79 Å². The van der Waals surface area contributed by atoms with Crippen LogP contribution in [0.2, 0.25) is 0 Å². The summed E-state index contributed by atoms with van der Waals surface area (Å²) in [7, 11) is 2.83. The molecule has 2 aromatic carbocycles. The molecular weight excluding hydrogens is 356 g/mol. The highest BCUT2D eigenvalue weighted by Crippen LogP contribution is 2.22. The van der Waals surface area contributed by atoms with E-state index in [0.29, 0.717) is 23.4 Å². The van der Waals surface area contributed by atoms with Crippen molar-refractivity contribution in [3.05, 3.63) is 89.9 Å². The van der Waals surface area contributed by atoms with Crippen LogP contribution in [0.15, 0.2) is 73.3 Å². The molecule has 144 valence electrons. The fourth-order valence-corrected chi connectivity index (χ4v) is 2.80. The SMILES string of the molecule is CO/C=C(\C(=O)OC)c1ccccc1COc1cnn(Cc2ccccc2)c1. The third-order valence-corrected chi connectivity index (χ3v) is 4.14. The van der Waals surface area contributed by atoms with Crippen molar-refractivity contribution < 1.29 is 19.0 Å². The molecule has 0 aliphatic heterocycles. The zero-order chi connectivity index (χ0) is 19.8. The zero-order valence-corrected chi connectivity index (χ0v) is 15.9. The summed E-state index contributed by atoms with van der Waals surface area (Å²) < 4.78 is 17.6. The lowest BCUT2D eigenvalue weighted by molar-refractivity contribution is -0.133. The minimum absolute atomic E-state index is 0.283. The van der Waals surface area contributed by atoms with Crippen LogP contribution in [0, 0.1) is 0 Å². The smallest absolute Gasteiger partial charge is 0.341 e.